The van der Waals surface area contributed by atoms with Gasteiger partial charge in [-0.2, -0.15) is 0 Å². The highest BCUT2D eigenvalue weighted by Crippen LogP contribution is 2.29. The van der Waals surface area contributed by atoms with E-state index < -0.39 is 0 Å². The van der Waals surface area contributed by atoms with Crippen LogP contribution in [0.3, 0.4) is 0 Å². The number of hydrogen-bond acceptors (Lipinski definition) is 1. The molecule has 1 heterocycles. The number of likely N-dealkylation sites (tertiary alicyclic amines) is 1. The van der Waals surface area contributed by atoms with Gasteiger partial charge in [-0.3, -0.25) is 0 Å². The van der Waals surface area contributed by atoms with Crippen molar-refractivity contribution in [3.63, 3.8) is 0 Å². The number of nitrogens with zero attached hydrogens (tertiary/aromatic N) is 1. The van der Waals surface area contributed by atoms with Crippen molar-refractivity contribution in [2.24, 2.45) is 5.92 Å². The Kier molecular flexibility index (Phi) is 4.48. The van der Waals surface area contributed by atoms with Gasteiger partial charge in [-0.25, -0.2) is 0 Å². The Morgan fingerprint density at radius 1 is 0.783 bits per heavy atom. The van der Waals surface area contributed by atoms with Crippen molar-refractivity contribution in [1.29, 1.82) is 0 Å². The zero-order valence-electron chi connectivity index (χ0n) is 14.0. The van der Waals surface area contributed by atoms with E-state index in [2.05, 4.69) is 59.5 Å². The predicted molar refractivity (Wildman–Crippen MR) is 96.7 cm³/mol. The number of fused-ring (bicyclic) bond motifs is 1. The Bertz CT molecular complexity index is 625. The molecular formula is C22H27N. The maximum Gasteiger partial charge on any atom is 0.0139 e. The number of piperidine rings is 1. The van der Waals surface area contributed by atoms with Gasteiger partial charge in [0.2, 0.25) is 0 Å². The predicted octanol–water partition coefficient (Wildman–Crippen LogP) is 4.50. The lowest BCUT2D eigenvalue weighted by Crippen LogP contribution is -2.44. The summed E-state index contributed by atoms with van der Waals surface area (Å²) in [6.07, 6.45) is 7.88. The van der Waals surface area contributed by atoms with Crippen molar-refractivity contribution in [1.82, 2.24) is 4.90 Å². The summed E-state index contributed by atoms with van der Waals surface area (Å²) in [4.78, 5) is 2.78. The quantitative estimate of drug-likeness (QED) is 0.807. The van der Waals surface area contributed by atoms with Gasteiger partial charge in [0.1, 0.15) is 0 Å². The van der Waals surface area contributed by atoms with Crippen LogP contribution in [0.2, 0.25) is 0 Å². The van der Waals surface area contributed by atoms with Gasteiger partial charge in [-0.1, -0.05) is 54.6 Å². The normalized spacial score (nSPS) is 22.7. The summed E-state index contributed by atoms with van der Waals surface area (Å²) in [5.41, 5.74) is 4.69. The van der Waals surface area contributed by atoms with E-state index in [9.17, 15) is 0 Å². The van der Waals surface area contributed by atoms with Crippen molar-refractivity contribution >= 4 is 0 Å². The topological polar surface area (TPSA) is 3.24 Å². The van der Waals surface area contributed by atoms with Gasteiger partial charge in [-0.05, 0) is 74.2 Å². The maximum atomic E-state index is 2.78. The monoisotopic (exact) mass is 305 g/mol. The van der Waals surface area contributed by atoms with Crippen molar-refractivity contribution in [2.45, 2.75) is 44.6 Å². The summed E-state index contributed by atoms with van der Waals surface area (Å²) < 4.78 is 0. The molecule has 1 fully saturated rings. The second-order valence-corrected chi connectivity index (χ2v) is 7.33. The lowest BCUT2D eigenvalue weighted by molar-refractivity contribution is 0.122. The third-order valence-corrected chi connectivity index (χ3v) is 5.85. The van der Waals surface area contributed by atoms with Crippen LogP contribution in [0, 0.1) is 5.92 Å². The molecular weight excluding hydrogens is 278 g/mol. The molecule has 23 heavy (non-hydrogen) atoms. The molecule has 2 aromatic carbocycles. The van der Waals surface area contributed by atoms with Gasteiger partial charge >= 0.3 is 0 Å². The zero-order chi connectivity index (χ0) is 15.5. The van der Waals surface area contributed by atoms with E-state index in [0.29, 0.717) is 0 Å². The standard InChI is InChI=1S/C22H27N/c1-2-6-18(7-3-1)16-19-12-14-23(15-13-19)22-11-10-20-8-4-5-9-21(20)17-22/h1-9,19,22H,10-17H2. The van der Waals surface area contributed by atoms with Crippen molar-refractivity contribution in [3.05, 3.63) is 71.3 Å². The van der Waals surface area contributed by atoms with E-state index in [1.165, 1.54) is 57.2 Å². The van der Waals surface area contributed by atoms with Crippen LogP contribution in [-0.4, -0.2) is 24.0 Å². The molecule has 1 heteroatoms. The van der Waals surface area contributed by atoms with Crippen LogP contribution in [0.4, 0.5) is 0 Å². The van der Waals surface area contributed by atoms with Crippen LogP contribution in [0.25, 0.3) is 0 Å². The molecule has 2 aromatic rings. The molecule has 1 aliphatic carbocycles. The summed E-state index contributed by atoms with van der Waals surface area (Å²) in [7, 11) is 0. The third kappa shape index (κ3) is 3.50. The molecule has 0 amide bonds. The van der Waals surface area contributed by atoms with Crippen molar-refractivity contribution in [2.75, 3.05) is 13.1 Å². The molecule has 0 N–H and O–H groups in total. The lowest BCUT2D eigenvalue weighted by Gasteiger charge is -2.40. The van der Waals surface area contributed by atoms with Crippen molar-refractivity contribution < 1.29 is 0 Å². The smallest absolute Gasteiger partial charge is 0.0139 e. The largest absolute Gasteiger partial charge is 0.300 e. The van der Waals surface area contributed by atoms with E-state index in [0.717, 1.165) is 12.0 Å². The van der Waals surface area contributed by atoms with E-state index >= 15 is 0 Å². The Morgan fingerprint density at radius 3 is 2.26 bits per heavy atom. The highest BCUT2D eigenvalue weighted by atomic mass is 15.2. The highest BCUT2D eigenvalue weighted by molar-refractivity contribution is 5.30. The molecule has 0 spiro atoms. The first-order valence-electron chi connectivity index (χ1n) is 9.23. The molecule has 1 nitrogen and oxygen atoms in total. The zero-order valence-corrected chi connectivity index (χ0v) is 14.0. The Hall–Kier alpha value is -1.60. The molecule has 1 unspecified atom stereocenters. The number of rotatable bonds is 3. The van der Waals surface area contributed by atoms with E-state index in [1.54, 1.807) is 11.1 Å². The minimum Gasteiger partial charge on any atom is -0.300 e. The average Bonchev–Trinajstić information content (AvgIpc) is 2.63. The van der Waals surface area contributed by atoms with Gasteiger partial charge in [0, 0.05) is 6.04 Å². The van der Waals surface area contributed by atoms with Gasteiger partial charge in [0.15, 0.2) is 0 Å². The average molecular weight is 305 g/mol. The second-order valence-electron chi connectivity index (χ2n) is 7.33. The highest BCUT2D eigenvalue weighted by Gasteiger charge is 2.27. The molecule has 0 saturated carbocycles. The molecule has 2 aliphatic rings. The Labute approximate surface area is 140 Å². The first kappa shape index (κ1) is 15.0. The molecule has 4 rings (SSSR count). The molecule has 0 radical (unpaired) electrons. The maximum absolute atomic E-state index is 2.78. The Morgan fingerprint density at radius 2 is 1.48 bits per heavy atom. The minimum absolute atomic E-state index is 0.780. The molecule has 1 saturated heterocycles. The molecule has 1 aliphatic heterocycles. The Balaban J connectivity index is 1.32. The van der Waals surface area contributed by atoms with E-state index in [-0.39, 0.29) is 0 Å². The van der Waals surface area contributed by atoms with Crippen LogP contribution in [-0.2, 0) is 19.3 Å². The number of benzene rings is 2. The second kappa shape index (κ2) is 6.88. The molecule has 120 valence electrons. The lowest BCUT2D eigenvalue weighted by atomic mass is 9.85. The molecule has 1 atom stereocenters. The summed E-state index contributed by atoms with van der Waals surface area (Å²) in [5, 5.41) is 0. The summed E-state index contributed by atoms with van der Waals surface area (Å²) in [5.74, 6) is 0.879. The van der Waals surface area contributed by atoms with Crippen molar-refractivity contribution in [3.8, 4) is 0 Å². The summed E-state index contributed by atoms with van der Waals surface area (Å²) in [6, 6.07) is 20.8. The van der Waals surface area contributed by atoms with Gasteiger partial charge in [0.05, 0.1) is 0 Å². The molecule has 0 aromatic heterocycles. The van der Waals surface area contributed by atoms with E-state index in [4.69, 9.17) is 0 Å². The fourth-order valence-electron chi connectivity index (χ4n) is 4.46. The third-order valence-electron chi connectivity index (χ3n) is 5.85. The van der Waals surface area contributed by atoms with Crippen LogP contribution in [0.15, 0.2) is 54.6 Å². The van der Waals surface area contributed by atoms with Crippen LogP contribution >= 0.6 is 0 Å². The van der Waals surface area contributed by atoms with Crippen LogP contribution in [0.1, 0.15) is 36.0 Å². The first-order chi connectivity index (χ1) is 11.4. The minimum atomic E-state index is 0.780. The van der Waals surface area contributed by atoms with E-state index in [1.807, 2.05) is 0 Å². The summed E-state index contributed by atoms with van der Waals surface area (Å²) >= 11 is 0. The van der Waals surface area contributed by atoms with Crippen LogP contribution in [0.5, 0.6) is 0 Å². The SMILES string of the molecule is c1ccc(CC2CCN(C3CCc4ccccc4C3)CC2)cc1. The van der Waals surface area contributed by atoms with Crippen LogP contribution < -0.4 is 0 Å². The van der Waals surface area contributed by atoms with Gasteiger partial charge < -0.3 is 4.90 Å². The number of aryl methyl sites for hydroxylation is 1. The fraction of sp³-hybridized carbons (Fsp3) is 0.455. The first-order valence-corrected chi connectivity index (χ1v) is 9.23. The summed E-state index contributed by atoms with van der Waals surface area (Å²) in [6.45, 7) is 2.59. The van der Waals surface area contributed by atoms with Gasteiger partial charge in [0.25, 0.3) is 0 Å². The van der Waals surface area contributed by atoms with Gasteiger partial charge in [-0.15, -0.1) is 0 Å². The molecule has 0 bridgehead atoms. The number of hydrogen-bond donors (Lipinski definition) is 0. The fourth-order valence-corrected chi connectivity index (χ4v) is 4.46.